The fraction of sp³-hybridized carbons (Fsp3) is 0.457. The molecular weight excluding hydrogens is 516 g/mol. The first kappa shape index (κ1) is 32.0. The van der Waals surface area contributed by atoms with Crippen molar-refractivity contribution >= 4 is 5.97 Å². The molecule has 0 spiro atoms. The van der Waals surface area contributed by atoms with Gasteiger partial charge in [0.05, 0.1) is 0 Å². The first-order chi connectivity index (χ1) is 19.5. The predicted molar refractivity (Wildman–Crippen MR) is 163 cm³/mol. The summed E-state index contributed by atoms with van der Waals surface area (Å²) in [4.78, 5) is 12.1. The molecule has 222 valence electrons. The Balaban J connectivity index is 1.78. The minimum Gasteiger partial charge on any atom is -0.508 e. The maximum absolute atomic E-state index is 12.1. The summed E-state index contributed by atoms with van der Waals surface area (Å²) in [5, 5.41) is 9.80. The van der Waals surface area contributed by atoms with Gasteiger partial charge in [-0.2, -0.15) is 0 Å². The standard InChI is InChI=1S/C35H46O6/c1-8-26(28-9-15-31(36)16-10-28)22-30(21-24(2)27-11-19-33(20-12-27)40-25(3)38-7)29-13-17-32(18-14-29)39-23-34(37)41-35(4,5)6/h9-20,24-26,30,36H,8,21-23H2,1-7H3. The van der Waals surface area contributed by atoms with E-state index in [0.29, 0.717) is 17.6 Å². The highest BCUT2D eigenvalue weighted by atomic mass is 16.7. The highest BCUT2D eigenvalue weighted by Gasteiger charge is 2.22. The number of benzene rings is 3. The van der Waals surface area contributed by atoms with E-state index in [2.05, 4.69) is 38.1 Å². The van der Waals surface area contributed by atoms with Crippen molar-refractivity contribution in [2.24, 2.45) is 0 Å². The van der Waals surface area contributed by atoms with E-state index < -0.39 is 5.60 Å². The Hall–Kier alpha value is -3.51. The highest BCUT2D eigenvalue weighted by molar-refractivity contribution is 5.71. The average molecular weight is 563 g/mol. The number of phenolic OH excluding ortho intramolecular Hbond substituents is 1. The van der Waals surface area contributed by atoms with Crippen molar-refractivity contribution in [3.63, 3.8) is 0 Å². The van der Waals surface area contributed by atoms with E-state index in [0.717, 1.165) is 25.0 Å². The molecule has 3 rings (SSSR count). The SMILES string of the molecule is CCC(CC(CC(C)c1ccc(OC(C)OC)cc1)c1ccc(OCC(=O)OC(C)(C)C)cc1)c1ccc(O)cc1. The van der Waals surface area contributed by atoms with Gasteiger partial charge in [0.2, 0.25) is 0 Å². The van der Waals surface area contributed by atoms with Crippen LogP contribution in [0.2, 0.25) is 0 Å². The molecule has 3 aromatic carbocycles. The van der Waals surface area contributed by atoms with Crippen LogP contribution in [0.4, 0.5) is 0 Å². The minimum absolute atomic E-state index is 0.126. The first-order valence-corrected chi connectivity index (χ1v) is 14.5. The van der Waals surface area contributed by atoms with Crippen LogP contribution in [0, 0.1) is 0 Å². The van der Waals surface area contributed by atoms with E-state index in [1.54, 1.807) is 19.2 Å². The summed E-state index contributed by atoms with van der Waals surface area (Å²) in [6.45, 7) is 11.7. The normalized spacial score (nSPS) is 14.5. The molecule has 0 heterocycles. The van der Waals surface area contributed by atoms with Crippen LogP contribution in [0.1, 0.15) is 95.2 Å². The Morgan fingerprint density at radius 2 is 1.32 bits per heavy atom. The molecule has 0 fully saturated rings. The Labute approximate surface area is 245 Å². The second-order valence-electron chi connectivity index (χ2n) is 11.7. The third-order valence-corrected chi connectivity index (χ3v) is 7.28. The Morgan fingerprint density at radius 3 is 1.88 bits per heavy atom. The molecular formula is C35H46O6. The molecule has 1 N–H and O–H groups in total. The van der Waals surface area contributed by atoms with E-state index in [4.69, 9.17) is 18.9 Å². The van der Waals surface area contributed by atoms with Gasteiger partial charge < -0.3 is 24.1 Å². The summed E-state index contributed by atoms with van der Waals surface area (Å²) >= 11 is 0. The second-order valence-corrected chi connectivity index (χ2v) is 11.7. The Kier molecular flexibility index (Phi) is 11.7. The lowest BCUT2D eigenvalue weighted by atomic mass is 9.78. The smallest absolute Gasteiger partial charge is 0.344 e. The highest BCUT2D eigenvalue weighted by Crippen LogP contribution is 2.39. The van der Waals surface area contributed by atoms with Gasteiger partial charge in [0.25, 0.3) is 0 Å². The van der Waals surface area contributed by atoms with Gasteiger partial charge in [-0.25, -0.2) is 4.79 Å². The number of esters is 1. The fourth-order valence-corrected chi connectivity index (χ4v) is 5.02. The number of aromatic hydroxyl groups is 1. The minimum atomic E-state index is -0.544. The van der Waals surface area contributed by atoms with Crippen molar-refractivity contribution in [3.8, 4) is 17.2 Å². The van der Waals surface area contributed by atoms with Crippen molar-refractivity contribution in [1.29, 1.82) is 0 Å². The van der Waals surface area contributed by atoms with Crippen molar-refractivity contribution in [3.05, 3.63) is 89.5 Å². The zero-order valence-corrected chi connectivity index (χ0v) is 25.6. The van der Waals surface area contributed by atoms with Gasteiger partial charge in [0.1, 0.15) is 22.8 Å². The summed E-state index contributed by atoms with van der Waals surface area (Å²) in [5.74, 6) is 2.26. The van der Waals surface area contributed by atoms with Crippen LogP contribution in [0.15, 0.2) is 72.8 Å². The third-order valence-electron chi connectivity index (χ3n) is 7.28. The number of carbonyl (C=O) groups is 1. The zero-order chi connectivity index (χ0) is 30.0. The monoisotopic (exact) mass is 562 g/mol. The van der Waals surface area contributed by atoms with Gasteiger partial charge >= 0.3 is 5.97 Å². The maximum atomic E-state index is 12.1. The van der Waals surface area contributed by atoms with Crippen LogP contribution >= 0.6 is 0 Å². The molecule has 0 aliphatic carbocycles. The van der Waals surface area contributed by atoms with Crippen molar-refractivity contribution in [2.45, 2.75) is 90.4 Å². The summed E-state index contributed by atoms with van der Waals surface area (Å²) < 4.78 is 22.0. The number of ether oxygens (including phenoxy) is 4. The van der Waals surface area contributed by atoms with Crippen molar-refractivity contribution in [2.75, 3.05) is 13.7 Å². The molecule has 4 atom stereocenters. The molecule has 0 saturated heterocycles. The van der Waals surface area contributed by atoms with Crippen LogP contribution in [-0.4, -0.2) is 36.7 Å². The number of rotatable bonds is 14. The lowest BCUT2D eigenvalue weighted by Gasteiger charge is -2.27. The molecule has 6 nitrogen and oxygen atoms in total. The molecule has 0 amide bonds. The topological polar surface area (TPSA) is 74.2 Å². The van der Waals surface area contributed by atoms with Gasteiger partial charge in [-0.05, 0) is 118 Å². The molecule has 0 aromatic heterocycles. The van der Waals surface area contributed by atoms with E-state index in [1.165, 1.54) is 16.7 Å². The largest absolute Gasteiger partial charge is 0.508 e. The number of carbonyl (C=O) groups excluding carboxylic acids is 1. The molecule has 0 radical (unpaired) electrons. The van der Waals surface area contributed by atoms with E-state index >= 15 is 0 Å². The molecule has 0 aliphatic rings. The van der Waals surface area contributed by atoms with Gasteiger partial charge in [0.15, 0.2) is 12.9 Å². The van der Waals surface area contributed by atoms with E-state index in [9.17, 15) is 9.90 Å². The van der Waals surface area contributed by atoms with Crippen LogP contribution in [0.25, 0.3) is 0 Å². The number of phenols is 1. The lowest BCUT2D eigenvalue weighted by Crippen LogP contribution is -2.27. The quantitative estimate of drug-likeness (QED) is 0.157. The summed E-state index contributed by atoms with van der Waals surface area (Å²) in [5.41, 5.74) is 3.17. The van der Waals surface area contributed by atoms with Crippen LogP contribution < -0.4 is 9.47 Å². The van der Waals surface area contributed by atoms with Crippen molar-refractivity contribution < 1.29 is 28.8 Å². The molecule has 0 bridgehead atoms. The van der Waals surface area contributed by atoms with Gasteiger partial charge in [-0.15, -0.1) is 0 Å². The van der Waals surface area contributed by atoms with Crippen LogP contribution in [0.5, 0.6) is 17.2 Å². The van der Waals surface area contributed by atoms with Gasteiger partial charge in [-0.1, -0.05) is 50.2 Å². The maximum Gasteiger partial charge on any atom is 0.344 e. The Morgan fingerprint density at radius 1 is 0.780 bits per heavy atom. The summed E-state index contributed by atoms with van der Waals surface area (Å²) in [6, 6.07) is 23.9. The predicted octanol–water partition coefficient (Wildman–Crippen LogP) is 8.35. The second kappa shape index (κ2) is 14.9. The van der Waals surface area contributed by atoms with E-state index in [1.807, 2.05) is 64.1 Å². The average Bonchev–Trinajstić information content (AvgIpc) is 2.94. The van der Waals surface area contributed by atoms with Crippen LogP contribution in [0.3, 0.4) is 0 Å². The molecule has 6 heteroatoms. The van der Waals surface area contributed by atoms with Crippen LogP contribution in [-0.2, 0) is 14.3 Å². The summed E-state index contributed by atoms with van der Waals surface area (Å²) in [7, 11) is 1.63. The number of methoxy groups -OCH3 is 1. The molecule has 3 aromatic rings. The Bertz CT molecular complexity index is 1200. The van der Waals surface area contributed by atoms with Crippen molar-refractivity contribution in [1.82, 2.24) is 0 Å². The molecule has 0 saturated carbocycles. The third kappa shape index (κ3) is 10.4. The fourth-order valence-electron chi connectivity index (χ4n) is 5.02. The lowest BCUT2D eigenvalue weighted by molar-refractivity contribution is -0.157. The molecule has 41 heavy (non-hydrogen) atoms. The number of hydrogen-bond donors (Lipinski definition) is 1. The zero-order valence-electron chi connectivity index (χ0n) is 25.6. The number of hydrogen-bond acceptors (Lipinski definition) is 6. The van der Waals surface area contributed by atoms with E-state index in [-0.39, 0.29) is 30.5 Å². The van der Waals surface area contributed by atoms with Gasteiger partial charge in [0, 0.05) is 7.11 Å². The van der Waals surface area contributed by atoms with Gasteiger partial charge in [-0.3, -0.25) is 0 Å². The summed E-state index contributed by atoms with van der Waals surface area (Å²) in [6.07, 6.45) is 2.62. The first-order valence-electron chi connectivity index (χ1n) is 14.5. The molecule has 0 aliphatic heterocycles. The molecule has 4 unspecified atom stereocenters.